The summed E-state index contributed by atoms with van der Waals surface area (Å²) in [5, 5.41) is 2.94. The number of amides is 2. The molecule has 2 amide bonds. The highest BCUT2D eigenvalue weighted by Gasteiger charge is 2.28. The molecule has 2 heterocycles. The number of carbonyl (C=O) groups excluding carboxylic acids is 2. The molecule has 29 heavy (non-hydrogen) atoms. The minimum Gasteiger partial charge on any atom is -0.488 e. The number of nitrogens with zero attached hydrogens (tertiary/aromatic N) is 2. The lowest BCUT2D eigenvalue weighted by Gasteiger charge is -2.21. The average molecular weight is 396 g/mol. The molecule has 0 saturated carbocycles. The topological polar surface area (TPSA) is 71.5 Å². The molecule has 1 saturated heterocycles. The van der Waals surface area contributed by atoms with E-state index >= 15 is 0 Å². The van der Waals surface area contributed by atoms with Crippen molar-refractivity contribution in [3.63, 3.8) is 0 Å². The number of ether oxygens (including phenoxy) is 1. The number of pyridine rings is 1. The summed E-state index contributed by atoms with van der Waals surface area (Å²) in [7, 11) is 0. The van der Waals surface area contributed by atoms with Crippen LogP contribution in [0.5, 0.6) is 5.75 Å². The number of hydrogen-bond acceptors (Lipinski definition) is 4. The smallest absolute Gasteiger partial charge is 0.253 e. The molecule has 1 atom stereocenters. The maximum absolute atomic E-state index is 12.6. The summed E-state index contributed by atoms with van der Waals surface area (Å²) in [5.74, 6) is 0.755. The lowest BCUT2D eigenvalue weighted by atomic mass is 9.89. The fourth-order valence-corrected chi connectivity index (χ4v) is 3.16. The maximum Gasteiger partial charge on any atom is 0.253 e. The minimum atomic E-state index is -0.396. The number of likely N-dealkylation sites (tertiary alicyclic amines) is 1. The highest BCUT2D eigenvalue weighted by molar-refractivity contribution is 5.94. The highest BCUT2D eigenvalue weighted by atomic mass is 16.5. The number of benzene rings is 1. The van der Waals surface area contributed by atoms with Gasteiger partial charge in [0, 0.05) is 36.2 Å². The van der Waals surface area contributed by atoms with Crippen LogP contribution < -0.4 is 10.1 Å². The first-order chi connectivity index (χ1) is 13.9. The Morgan fingerprint density at radius 1 is 1.24 bits per heavy atom. The van der Waals surface area contributed by atoms with Crippen molar-refractivity contribution in [3.05, 3.63) is 59.9 Å². The van der Waals surface area contributed by atoms with Gasteiger partial charge in [0.05, 0.1) is 18.8 Å². The van der Waals surface area contributed by atoms with E-state index in [0.29, 0.717) is 30.9 Å². The van der Waals surface area contributed by atoms with Crippen molar-refractivity contribution < 1.29 is 14.3 Å². The third-order valence-corrected chi connectivity index (χ3v) is 5.47. The summed E-state index contributed by atoms with van der Waals surface area (Å²) in [6.45, 7) is 7.46. The van der Waals surface area contributed by atoms with Crippen LogP contribution in [0.1, 0.15) is 49.7 Å². The summed E-state index contributed by atoms with van der Waals surface area (Å²) < 4.78 is 6.08. The van der Waals surface area contributed by atoms with Crippen LogP contribution >= 0.6 is 0 Å². The van der Waals surface area contributed by atoms with Gasteiger partial charge >= 0.3 is 0 Å². The van der Waals surface area contributed by atoms with Crippen LogP contribution in [0.15, 0.2) is 48.7 Å². The molecule has 6 heteroatoms. The van der Waals surface area contributed by atoms with Crippen LogP contribution in [0, 0.1) is 5.41 Å². The molecule has 1 N–H and O–H groups in total. The van der Waals surface area contributed by atoms with Gasteiger partial charge in [-0.2, -0.15) is 0 Å². The molecule has 1 aromatic heterocycles. The number of nitrogens with one attached hydrogen (secondary N) is 1. The maximum atomic E-state index is 12.6. The van der Waals surface area contributed by atoms with Crippen molar-refractivity contribution in [2.24, 2.45) is 5.41 Å². The van der Waals surface area contributed by atoms with Gasteiger partial charge in [0.15, 0.2) is 0 Å². The number of carbonyl (C=O) groups is 2. The summed E-state index contributed by atoms with van der Waals surface area (Å²) in [5.41, 5.74) is 1.05. The van der Waals surface area contributed by atoms with Gasteiger partial charge in [-0.1, -0.05) is 39.0 Å². The van der Waals surface area contributed by atoms with E-state index in [0.717, 1.165) is 18.5 Å². The van der Waals surface area contributed by atoms with Crippen LogP contribution in [0.25, 0.3) is 0 Å². The van der Waals surface area contributed by atoms with E-state index in [1.807, 2.05) is 68.1 Å². The molecule has 3 rings (SSSR count). The fraction of sp³-hybridized carbons (Fsp3) is 0.435. The van der Waals surface area contributed by atoms with E-state index in [1.54, 1.807) is 6.20 Å². The molecule has 1 fully saturated rings. The normalized spacial score (nSPS) is 16.5. The predicted molar refractivity (Wildman–Crippen MR) is 112 cm³/mol. The van der Waals surface area contributed by atoms with Gasteiger partial charge in [-0.05, 0) is 24.6 Å². The molecule has 0 bridgehead atoms. The Labute approximate surface area is 172 Å². The van der Waals surface area contributed by atoms with Gasteiger partial charge in [-0.3, -0.25) is 14.6 Å². The van der Waals surface area contributed by atoms with Crippen LogP contribution in [0.3, 0.4) is 0 Å². The summed E-state index contributed by atoms with van der Waals surface area (Å²) in [6.07, 6.45) is 3.20. The van der Waals surface area contributed by atoms with E-state index < -0.39 is 5.41 Å². The van der Waals surface area contributed by atoms with E-state index in [9.17, 15) is 9.59 Å². The number of hydrogen-bond donors (Lipinski definition) is 1. The van der Waals surface area contributed by atoms with Crippen molar-refractivity contribution in [3.8, 4) is 5.75 Å². The van der Waals surface area contributed by atoms with Crippen molar-refractivity contribution >= 4 is 11.8 Å². The molecule has 0 radical (unpaired) electrons. The van der Waals surface area contributed by atoms with Gasteiger partial charge in [0.25, 0.3) is 5.91 Å². The third-order valence-electron chi connectivity index (χ3n) is 5.47. The third kappa shape index (κ3) is 5.34. The van der Waals surface area contributed by atoms with Gasteiger partial charge < -0.3 is 15.0 Å². The highest BCUT2D eigenvalue weighted by Crippen LogP contribution is 2.22. The molecule has 154 valence electrons. The second kappa shape index (κ2) is 9.07. The molecule has 1 unspecified atom stereocenters. The van der Waals surface area contributed by atoms with E-state index in [1.165, 1.54) is 0 Å². The molecule has 1 aromatic carbocycles. The fourth-order valence-electron chi connectivity index (χ4n) is 3.16. The van der Waals surface area contributed by atoms with Gasteiger partial charge in [0.1, 0.15) is 11.9 Å². The largest absolute Gasteiger partial charge is 0.488 e. The van der Waals surface area contributed by atoms with Gasteiger partial charge in [-0.25, -0.2) is 0 Å². The number of aromatic nitrogens is 1. The average Bonchev–Trinajstić information content (AvgIpc) is 3.20. The molecule has 0 spiro atoms. The van der Waals surface area contributed by atoms with E-state index in [-0.39, 0.29) is 17.9 Å². The Balaban J connectivity index is 1.54. The number of rotatable bonds is 7. The quantitative estimate of drug-likeness (QED) is 0.780. The first-order valence-electron chi connectivity index (χ1n) is 10.1. The molecule has 0 aliphatic carbocycles. The minimum absolute atomic E-state index is 0.0129. The lowest BCUT2D eigenvalue weighted by molar-refractivity contribution is -0.129. The Hall–Kier alpha value is -2.89. The summed E-state index contributed by atoms with van der Waals surface area (Å²) >= 11 is 0. The van der Waals surface area contributed by atoms with Crippen molar-refractivity contribution in [2.45, 2.75) is 46.3 Å². The second-order valence-corrected chi connectivity index (χ2v) is 8.05. The molecule has 2 aromatic rings. The Morgan fingerprint density at radius 2 is 2.00 bits per heavy atom. The van der Waals surface area contributed by atoms with Crippen molar-refractivity contribution in [2.75, 3.05) is 13.1 Å². The summed E-state index contributed by atoms with van der Waals surface area (Å²) in [6, 6.07) is 13.0. The van der Waals surface area contributed by atoms with Gasteiger partial charge in [0.2, 0.25) is 5.91 Å². The zero-order valence-corrected chi connectivity index (χ0v) is 17.4. The lowest BCUT2D eigenvalue weighted by Crippen LogP contribution is -2.36. The predicted octanol–water partition coefficient (Wildman–Crippen LogP) is 3.43. The first-order valence-corrected chi connectivity index (χ1v) is 10.1. The standard InChI is InChI=1S/C23H29N3O3/c1-4-23(2,3)22(28)25-15-18-14-19(10-12-24-18)29-20-11-13-26(16-20)21(27)17-8-6-5-7-9-17/h5-10,12,14,20H,4,11,13,15-16H2,1-3H3,(H,25,28). The first kappa shape index (κ1) is 20.8. The monoisotopic (exact) mass is 395 g/mol. The van der Waals surface area contributed by atoms with Crippen molar-refractivity contribution in [1.82, 2.24) is 15.2 Å². The molecule has 1 aliphatic rings. The Bertz CT molecular complexity index is 851. The van der Waals surface area contributed by atoms with Crippen LogP contribution in [0.4, 0.5) is 0 Å². The Kier molecular flexibility index (Phi) is 6.52. The summed E-state index contributed by atoms with van der Waals surface area (Å²) in [4.78, 5) is 31.0. The van der Waals surface area contributed by atoms with Crippen LogP contribution in [-0.2, 0) is 11.3 Å². The molecule has 1 aliphatic heterocycles. The Morgan fingerprint density at radius 3 is 2.72 bits per heavy atom. The molecular formula is C23H29N3O3. The molecule has 6 nitrogen and oxygen atoms in total. The van der Waals surface area contributed by atoms with E-state index in [4.69, 9.17) is 4.74 Å². The van der Waals surface area contributed by atoms with Gasteiger partial charge in [-0.15, -0.1) is 0 Å². The zero-order chi connectivity index (χ0) is 20.9. The SMILES string of the molecule is CCC(C)(C)C(=O)NCc1cc(OC2CCN(C(=O)c3ccccc3)C2)ccn1. The zero-order valence-electron chi connectivity index (χ0n) is 17.4. The van der Waals surface area contributed by atoms with Crippen LogP contribution in [-0.4, -0.2) is 40.9 Å². The molecular weight excluding hydrogens is 366 g/mol. The van der Waals surface area contributed by atoms with Crippen LogP contribution in [0.2, 0.25) is 0 Å². The second-order valence-electron chi connectivity index (χ2n) is 8.05. The van der Waals surface area contributed by atoms with Crippen molar-refractivity contribution in [1.29, 1.82) is 0 Å². The van der Waals surface area contributed by atoms with E-state index in [2.05, 4.69) is 10.3 Å².